The van der Waals surface area contributed by atoms with Crippen LogP contribution in [0.1, 0.15) is 24.2 Å². The van der Waals surface area contributed by atoms with E-state index in [4.69, 9.17) is 0 Å². The zero-order chi connectivity index (χ0) is 23.4. The van der Waals surface area contributed by atoms with Gasteiger partial charge in [0.25, 0.3) is 0 Å². The van der Waals surface area contributed by atoms with Crippen LogP contribution in [-0.4, -0.2) is 45.8 Å². The normalized spacial score (nSPS) is 15.2. The molecule has 1 aromatic heterocycles. The molecule has 0 amide bonds. The average Bonchev–Trinajstić information content (AvgIpc) is 2.84. The predicted molar refractivity (Wildman–Crippen MR) is 137 cm³/mol. The van der Waals surface area contributed by atoms with Crippen LogP contribution in [0.4, 0.5) is 11.6 Å². The number of nitrogens with zero attached hydrogens (tertiary/aromatic N) is 5. The smallest absolute Gasteiger partial charge is 0.226 e. The molecule has 3 aromatic rings. The van der Waals surface area contributed by atoms with Crippen molar-refractivity contribution in [2.45, 2.75) is 29.9 Å². The Balaban J connectivity index is 1.40. The first-order valence-electron chi connectivity index (χ1n) is 10.9. The molecule has 0 spiro atoms. The second-order valence-corrected chi connectivity index (χ2v) is 10.8. The third kappa shape index (κ3) is 5.55. The van der Waals surface area contributed by atoms with Gasteiger partial charge in [-0.2, -0.15) is 5.26 Å². The Kier molecular flexibility index (Phi) is 7.31. The number of rotatable bonds is 6. The first-order valence-corrected chi connectivity index (χ1v) is 13.3. The van der Waals surface area contributed by atoms with Crippen LogP contribution in [0.25, 0.3) is 11.1 Å². The number of para-hydroxylation sites is 1. The van der Waals surface area contributed by atoms with E-state index in [0.717, 1.165) is 48.4 Å². The van der Waals surface area contributed by atoms with Gasteiger partial charge in [0.15, 0.2) is 0 Å². The van der Waals surface area contributed by atoms with Gasteiger partial charge in [-0.3, -0.25) is 4.31 Å². The van der Waals surface area contributed by atoms with Gasteiger partial charge in [0.2, 0.25) is 5.95 Å². The molecular weight excluding hydrogens is 450 g/mol. The summed E-state index contributed by atoms with van der Waals surface area (Å²) in [6.07, 6.45) is 3.78. The molecule has 1 saturated heterocycles. The van der Waals surface area contributed by atoms with Gasteiger partial charge >= 0.3 is 0 Å². The molecular formula is C25H27N5OS2. The lowest BCUT2D eigenvalue weighted by molar-refractivity contribution is 0.580. The Bertz CT molecular complexity index is 1180. The van der Waals surface area contributed by atoms with Gasteiger partial charge in [-0.25, -0.2) is 14.2 Å². The molecule has 1 aliphatic heterocycles. The van der Waals surface area contributed by atoms with Crippen molar-refractivity contribution in [3.63, 3.8) is 0 Å². The summed E-state index contributed by atoms with van der Waals surface area (Å²) in [5.41, 5.74) is 4.41. The number of hydrogen-bond donors (Lipinski definition) is 0. The maximum atomic E-state index is 12.0. The lowest BCUT2D eigenvalue weighted by Crippen LogP contribution is -2.36. The highest BCUT2D eigenvalue weighted by atomic mass is 32.2. The van der Waals surface area contributed by atoms with Crippen LogP contribution in [0.15, 0.2) is 59.5 Å². The van der Waals surface area contributed by atoms with Gasteiger partial charge in [-0.05, 0) is 49.6 Å². The minimum atomic E-state index is -1.07. The van der Waals surface area contributed by atoms with Crippen molar-refractivity contribution in [3.8, 4) is 17.2 Å². The van der Waals surface area contributed by atoms with Crippen LogP contribution in [0, 0.1) is 18.3 Å². The minimum absolute atomic E-state index is 0.423. The van der Waals surface area contributed by atoms with E-state index in [2.05, 4.69) is 51.3 Å². The number of thioether (sulfide) groups is 1. The van der Waals surface area contributed by atoms with Crippen LogP contribution in [-0.2, 0) is 11.0 Å². The lowest BCUT2D eigenvalue weighted by atomic mass is 10.0. The van der Waals surface area contributed by atoms with Crippen molar-refractivity contribution >= 4 is 34.4 Å². The van der Waals surface area contributed by atoms with E-state index in [1.54, 1.807) is 16.6 Å². The molecule has 4 rings (SSSR count). The Hall–Kier alpha value is -2.89. The molecule has 6 nitrogen and oxygen atoms in total. The van der Waals surface area contributed by atoms with Crippen molar-refractivity contribution in [2.75, 3.05) is 35.6 Å². The monoisotopic (exact) mass is 477 g/mol. The Morgan fingerprint density at radius 3 is 2.48 bits per heavy atom. The van der Waals surface area contributed by atoms with Crippen LogP contribution < -0.4 is 9.21 Å². The zero-order valence-electron chi connectivity index (χ0n) is 19.1. The molecule has 1 atom stereocenters. The van der Waals surface area contributed by atoms with Gasteiger partial charge in [-0.1, -0.05) is 30.3 Å². The summed E-state index contributed by atoms with van der Waals surface area (Å²) < 4.78 is 13.8. The molecule has 33 heavy (non-hydrogen) atoms. The van der Waals surface area contributed by atoms with Crippen molar-refractivity contribution in [2.24, 2.45) is 0 Å². The standard InChI is InChI=1S/C25H27N5OS2/c1-18-16-20(17-26)28-25(27-18)30-14-12-22(13-15-30)32-21-10-8-19(9-11-21)23-6-4-5-7-24(23)29(2)33(3)31/h4-11,16,22H,12-15H2,1-3H3. The molecule has 8 heteroatoms. The number of aromatic nitrogens is 2. The number of anilines is 2. The molecule has 2 aromatic carbocycles. The van der Waals surface area contributed by atoms with Crippen LogP contribution in [0.2, 0.25) is 0 Å². The van der Waals surface area contributed by atoms with Crippen molar-refractivity contribution < 1.29 is 4.21 Å². The van der Waals surface area contributed by atoms with E-state index < -0.39 is 11.0 Å². The first-order chi connectivity index (χ1) is 15.9. The molecule has 2 heterocycles. The number of nitriles is 1. The molecule has 0 N–H and O–H groups in total. The van der Waals surface area contributed by atoms with Gasteiger partial charge < -0.3 is 4.90 Å². The third-order valence-corrected chi connectivity index (χ3v) is 8.10. The number of aryl methyl sites for hydroxylation is 1. The van der Waals surface area contributed by atoms with E-state index in [0.29, 0.717) is 16.9 Å². The van der Waals surface area contributed by atoms with Gasteiger partial charge in [0.1, 0.15) is 22.7 Å². The SMILES string of the molecule is Cc1cc(C#N)nc(N2CCC(Sc3ccc(-c4ccccc4N(C)S(C)=O)cc3)CC2)n1. The molecule has 0 aliphatic carbocycles. The van der Waals surface area contributed by atoms with Crippen molar-refractivity contribution in [1.82, 2.24) is 9.97 Å². The quantitative estimate of drug-likeness (QED) is 0.507. The predicted octanol–water partition coefficient (Wildman–Crippen LogP) is 4.81. The van der Waals surface area contributed by atoms with E-state index in [1.165, 1.54) is 4.90 Å². The fourth-order valence-electron chi connectivity index (χ4n) is 3.96. The molecule has 0 radical (unpaired) electrons. The summed E-state index contributed by atoms with van der Waals surface area (Å²) in [6, 6.07) is 20.5. The van der Waals surface area contributed by atoms with Gasteiger partial charge in [0.05, 0.1) is 5.69 Å². The van der Waals surface area contributed by atoms with E-state index in [1.807, 2.05) is 43.9 Å². The summed E-state index contributed by atoms with van der Waals surface area (Å²) >= 11 is 1.91. The van der Waals surface area contributed by atoms with Crippen LogP contribution >= 0.6 is 11.8 Å². The Morgan fingerprint density at radius 2 is 1.82 bits per heavy atom. The summed E-state index contributed by atoms with van der Waals surface area (Å²) in [5.74, 6) is 0.663. The summed E-state index contributed by atoms with van der Waals surface area (Å²) in [6.45, 7) is 3.67. The Morgan fingerprint density at radius 1 is 1.12 bits per heavy atom. The largest absolute Gasteiger partial charge is 0.341 e. The average molecular weight is 478 g/mol. The number of piperidine rings is 1. The fraction of sp³-hybridized carbons (Fsp3) is 0.320. The topological polar surface area (TPSA) is 73.1 Å². The lowest BCUT2D eigenvalue weighted by Gasteiger charge is -2.31. The van der Waals surface area contributed by atoms with Crippen molar-refractivity contribution in [1.29, 1.82) is 5.26 Å². The van der Waals surface area contributed by atoms with E-state index in [9.17, 15) is 9.47 Å². The molecule has 170 valence electrons. The van der Waals surface area contributed by atoms with Gasteiger partial charge in [0, 0.05) is 47.8 Å². The van der Waals surface area contributed by atoms with E-state index in [-0.39, 0.29) is 0 Å². The van der Waals surface area contributed by atoms with Crippen LogP contribution in [0.3, 0.4) is 0 Å². The van der Waals surface area contributed by atoms with Gasteiger partial charge in [-0.15, -0.1) is 11.8 Å². The molecule has 0 bridgehead atoms. The second kappa shape index (κ2) is 10.4. The second-order valence-electron chi connectivity index (χ2n) is 8.07. The molecule has 1 unspecified atom stereocenters. The zero-order valence-corrected chi connectivity index (χ0v) is 20.7. The fourth-order valence-corrected chi connectivity index (χ4v) is 5.52. The summed E-state index contributed by atoms with van der Waals surface area (Å²) in [7, 11) is 0.781. The van der Waals surface area contributed by atoms with E-state index >= 15 is 0 Å². The highest BCUT2D eigenvalue weighted by Crippen LogP contribution is 2.35. The van der Waals surface area contributed by atoms with Crippen molar-refractivity contribution in [3.05, 3.63) is 66.0 Å². The maximum absolute atomic E-state index is 12.0. The Labute approximate surface area is 202 Å². The first kappa shape index (κ1) is 23.3. The number of hydrogen-bond acceptors (Lipinski definition) is 6. The minimum Gasteiger partial charge on any atom is -0.341 e. The molecule has 0 saturated carbocycles. The highest BCUT2D eigenvalue weighted by Gasteiger charge is 2.22. The number of benzene rings is 2. The summed E-state index contributed by atoms with van der Waals surface area (Å²) in [5, 5.41) is 9.71. The third-order valence-electron chi connectivity index (χ3n) is 5.78. The summed E-state index contributed by atoms with van der Waals surface area (Å²) in [4.78, 5) is 12.3. The molecule has 1 fully saturated rings. The van der Waals surface area contributed by atoms with Crippen LogP contribution in [0.5, 0.6) is 0 Å². The molecule has 1 aliphatic rings. The maximum Gasteiger partial charge on any atom is 0.226 e. The highest BCUT2D eigenvalue weighted by molar-refractivity contribution is 8.00.